The number of benzene rings is 1. The van der Waals surface area contributed by atoms with Crippen LogP contribution >= 0.6 is 0 Å². The van der Waals surface area contributed by atoms with Crippen molar-refractivity contribution < 1.29 is 8.42 Å². The van der Waals surface area contributed by atoms with Gasteiger partial charge in [0.1, 0.15) is 0 Å². The average molecular weight is 350 g/mol. The van der Waals surface area contributed by atoms with E-state index in [0.29, 0.717) is 17.7 Å². The van der Waals surface area contributed by atoms with Crippen molar-refractivity contribution in [1.29, 1.82) is 0 Å². The van der Waals surface area contributed by atoms with Crippen LogP contribution in [-0.2, 0) is 16.6 Å². The summed E-state index contributed by atoms with van der Waals surface area (Å²) >= 11 is 0. The minimum absolute atomic E-state index is 0.0134. The molecule has 24 heavy (non-hydrogen) atoms. The Balaban J connectivity index is 2.25. The van der Waals surface area contributed by atoms with Crippen LogP contribution in [0.4, 0.5) is 11.9 Å². The number of rotatable bonds is 6. The maximum Gasteiger partial charge on any atom is 0.240 e. The van der Waals surface area contributed by atoms with Gasteiger partial charge in [-0.2, -0.15) is 15.0 Å². The Labute approximate surface area is 142 Å². The third-order valence-electron chi connectivity index (χ3n) is 3.18. The van der Waals surface area contributed by atoms with Crippen LogP contribution in [0, 0.1) is 6.92 Å². The first-order valence-corrected chi connectivity index (χ1v) is 8.83. The summed E-state index contributed by atoms with van der Waals surface area (Å²) in [5, 5.41) is 0. The third kappa shape index (κ3) is 4.39. The van der Waals surface area contributed by atoms with E-state index in [2.05, 4.69) is 19.7 Å². The lowest BCUT2D eigenvalue weighted by Crippen LogP contribution is -2.26. The number of hydrogen-bond donors (Lipinski definition) is 1. The van der Waals surface area contributed by atoms with Gasteiger partial charge in [0.05, 0.1) is 11.4 Å². The molecule has 1 heterocycles. The summed E-state index contributed by atoms with van der Waals surface area (Å²) in [5.74, 6) is 1.30. The Hall–Kier alpha value is -2.26. The molecule has 0 atom stereocenters. The van der Waals surface area contributed by atoms with Crippen LogP contribution in [-0.4, -0.2) is 51.6 Å². The van der Waals surface area contributed by atoms with Crippen molar-refractivity contribution in [2.45, 2.75) is 18.4 Å². The first-order chi connectivity index (χ1) is 11.2. The smallest absolute Gasteiger partial charge is 0.240 e. The zero-order valence-electron chi connectivity index (χ0n) is 14.5. The number of aryl methyl sites for hydroxylation is 1. The van der Waals surface area contributed by atoms with Crippen molar-refractivity contribution in [2.75, 3.05) is 38.0 Å². The summed E-state index contributed by atoms with van der Waals surface area (Å²) in [6.45, 7) is 1.83. The quantitative estimate of drug-likeness (QED) is 0.823. The van der Waals surface area contributed by atoms with E-state index < -0.39 is 10.0 Å². The third-order valence-corrected chi connectivity index (χ3v) is 4.58. The van der Waals surface area contributed by atoms with Gasteiger partial charge < -0.3 is 9.80 Å². The van der Waals surface area contributed by atoms with Gasteiger partial charge in [-0.05, 0) is 24.6 Å². The Bertz CT molecular complexity index is 794. The summed E-state index contributed by atoms with van der Waals surface area (Å²) in [4.78, 5) is 16.6. The first kappa shape index (κ1) is 18.1. The van der Waals surface area contributed by atoms with E-state index in [0.717, 1.165) is 5.56 Å². The molecule has 130 valence electrons. The second kappa shape index (κ2) is 7.10. The van der Waals surface area contributed by atoms with Crippen LogP contribution in [0.5, 0.6) is 0 Å². The fraction of sp³-hybridized carbons (Fsp3) is 0.400. The van der Waals surface area contributed by atoms with E-state index in [9.17, 15) is 8.42 Å². The highest BCUT2D eigenvalue weighted by Gasteiger charge is 2.16. The first-order valence-electron chi connectivity index (χ1n) is 7.35. The summed E-state index contributed by atoms with van der Waals surface area (Å²) in [6, 6.07) is 6.73. The highest BCUT2D eigenvalue weighted by molar-refractivity contribution is 7.89. The van der Waals surface area contributed by atoms with Gasteiger partial charge in [0.25, 0.3) is 0 Å². The maximum absolute atomic E-state index is 12.4. The molecule has 0 spiro atoms. The normalized spacial score (nSPS) is 11.4. The lowest BCUT2D eigenvalue weighted by atomic mass is 10.2. The fourth-order valence-corrected chi connectivity index (χ4v) is 2.98. The minimum Gasteiger partial charge on any atom is -0.347 e. The largest absolute Gasteiger partial charge is 0.347 e. The Morgan fingerprint density at radius 1 is 1.00 bits per heavy atom. The van der Waals surface area contributed by atoms with E-state index >= 15 is 0 Å². The molecule has 0 saturated carbocycles. The SMILES string of the molecule is Cc1cccc(S(=O)(=O)NCc2nc(N(C)C)nc(N(C)C)n2)c1. The van der Waals surface area contributed by atoms with Gasteiger partial charge >= 0.3 is 0 Å². The molecule has 0 bridgehead atoms. The molecule has 1 aromatic heterocycles. The molecule has 0 saturated heterocycles. The Morgan fingerprint density at radius 3 is 2.08 bits per heavy atom. The van der Waals surface area contributed by atoms with Gasteiger partial charge in [0, 0.05) is 28.2 Å². The van der Waals surface area contributed by atoms with Crippen molar-refractivity contribution in [3.63, 3.8) is 0 Å². The van der Waals surface area contributed by atoms with Crippen LogP contribution in [0.2, 0.25) is 0 Å². The van der Waals surface area contributed by atoms with Crippen LogP contribution < -0.4 is 14.5 Å². The molecular formula is C15H22N6O2S. The second-order valence-electron chi connectivity index (χ2n) is 5.78. The molecule has 0 aliphatic heterocycles. The highest BCUT2D eigenvalue weighted by Crippen LogP contribution is 2.13. The lowest BCUT2D eigenvalue weighted by molar-refractivity contribution is 0.579. The number of sulfonamides is 1. The summed E-state index contributed by atoms with van der Waals surface area (Å²) < 4.78 is 27.3. The predicted molar refractivity (Wildman–Crippen MR) is 93.7 cm³/mol. The number of aromatic nitrogens is 3. The molecule has 1 N–H and O–H groups in total. The van der Waals surface area contributed by atoms with E-state index in [4.69, 9.17) is 0 Å². The van der Waals surface area contributed by atoms with Gasteiger partial charge in [-0.1, -0.05) is 12.1 Å². The van der Waals surface area contributed by atoms with E-state index in [1.807, 2.05) is 41.2 Å². The molecule has 0 radical (unpaired) electrons. The summed E-state index contributed by atoms with van der Waals surface area (Å²) in [5.41, 5.74) is 0.878. The van der Waals surface area contributed by atoms with Gasteiger partial charge in [-0.15, -0.1) is 0 Å². The van der Waals surface area contributed by atoms with Crippen molar-refractivity contribution in [1.82, 2.24) is 19.7 Å². The van der Waals surface area contributed by atoms with Gasteiger partial charge in [-0.3, -0.25) is 0 Å². The topological polar surface area (TPSA) is 91.3 Å². The molecule has 9 heteroatoms. The highest BCUT2D eigenvalue weighted by atomic mass is 32.2. The molecular weight excluding hydrogens is 328 g/mol. The second-order valence-corrected chi connectivity index (χ2v) is 7.55. The van der Waals surface area contributed by atoms with Crippen molar-refractivity contribution in [2.24, 2.45) is 0 Å². The van der Waals surface area contributed by atoms with Crippen molar-refractivity contribution >= 4 is 21.9 Å². The summed E-state index contributed by atoms with van der Waals surface area (Å²) in [6.07, 6.45) is 0. The Kier molecular flexibility index (Phi) is 5.35. The summed E-state index contributed by atoms with van der Waals surface area (Å²) in [7, 11) is 3.64. The monoisotopic (exact) mass is 350 g/mol. The minimum atomic E-state index is -3.62. The standard InChI is InChI=1S/C15H22N6O2S/c1-11-7-6-8-12(9-11)24(22,23)16-10-13-17-14(20(2)3)19-15(18-13)21(4)5/h6-9,16H,10H2,1-5H3. The van der Waals surface area contributed by atoms with E-state index in [1.54, 1.807) is 28.0 Å². The molecule has 1 aromatic carbocycles. The zero-order valence-corrected chi connectivity index (χ0v) is 15.3. The molecule has 2 rings (SSSR count). The number of nitrogens with one attached hydrogen (secondary N) is 1. The van der Waals surface area contributed by atoms with E-state index in [-0.39, 0.29) is 11.4 Å². The van der Waals surface area contributed by atoms with E-state index in [1.165, 1.54) is 0 Å². The van der Waals surface area contributed by atoms with Crippen LogP contribution in [0.3, 0.4) is 0 Å². The van der Waals surface area contributed by atoms with Crippen molar-refractivity contribution in [3.05, 3.63) is 35.7 Å². The lowest BCUT2D eigenvalue weighted by Gasteiger charge is -2.16. The predicted octanol–water partition coefficient (Wildman–Crippen LogP) is 0.791. The Morgan fingerprint density at radius 2 is 1.58 bits per heavy atom. The molecule has 8 nitrogen and oxygen atoms in total. The van der Waals surface area contributed by atoms with Crippen LogP contribution in [0.1, 0.15) is 11.4 Å². The van der Waals surface area contributed by atoms with Gasteiger partial charge in [0.2, 0.25) is 21.9 Å². The molecule has 0 unspecified atom stereocenters. The molecule has 0 aliphatic carbocycles. The maximum atomic E-state index is 12.4. The van der Waals surface area contributed by atoms with Gasteiger partial charge in [-0.25, -0.2) is 13.1 Å². The fourth-order valence-electron chi connectivity index (χ4n) is 1.90. The van der Waals surface area contributed by atoms with Crippen molar-refractivity contribution in [3.8, 4) is 0 Å². The average Bonchev–Trinajstić information content (AvgIpc) is 2.52. The molecule has 0 aliphatic rings. The molecule has 0 fully saturated rings. The number of nitrogens with zero attached hydrogens (tertiary/aromatic N) is 5. The number of anilines is 2. The van der Waals surface area contributed by atoms with Crippen LogP contribution in [0.15, 0.2) is 29.2 Å². The van der Waals surface area contributed by atoms with Crippen LogP contribution in [0.25, 0.3) is 0 Å². The molecule has 2 aromatic rings. The van der Waals surface area contributed by atoms with Gasteiger partial charge in [0.15, 0.2) is 5.82 Å². The number of hydrogen-bond acceptors (Lipinski definition) is 7. The molecule has 0 amide bonds. The zero-order chi connectivity index (χ0) is 17.9.